The molecule has 0 saturated heterocycles. The first kappa shape index (κ1) is 15.7. The van der Waals surface area contributed by atoms with Gasteiger partial charge in [0.2, 0.25) is 0 Å². The van der Waals surface area contributed by atoms with Gasteiger partial charge in [-0.15, -0.1) is 0 Å². The molecular formula is C17H17BrFNO. The van der Waals surface area contributed by atoms with Gasteiger partial charge in [-0.25, -0.2) is 4.39 Å². The molecule has 0 N–H and O–H groups in total. The Bertz CT molecular complexity index is 628. The van der Waals surface area contributed by atoms with E-state index in [2.05, 4.69) is 15.9 Å². The van der Waals surface area contributed by atoms with E-state index in [1.165, 1.54) is 6.07 Å². The molecule has 2 aromatic carbocycles. The molecule has 0 spiro atoms. The van der Waals surface area contributed by atoms with Crippen LogP contribution < -0.4 is 0 Å². The molecule has 21 heavy (non-hydrogen) atoms. The molecule has 0 heterocycles. The molecule has 0 fully saturated rings. The van der Waals surface area contributed by atoms with E-state index < -0.39 is 5.82 Å². The molecule has 0 unspecified atom stereocenters. The van der Waals surface area contributed by atoms with E-state index in [-0.39, 0.29) is 16.4 Å². The molecule has 4 heteroatoms. The third kappa shape index (κ3) is 3.70. The van der Waals surface area contributed by atoms with Gasteiger partial charge in [0.05, 0.1) is 10.0 Å². The Morgan fingerprint density at radius 2 is 1.81 bits per heavy atom. The number of hydrogen-bond donors (Lipinski definition) is 0. The maximum Gasteiger partial charge on any atom is 0.255 e. The van der Waals surface area contributed by atoms with Crippen molar-refractivity contribution in [2.24, 2.45) is 0 Å². The van der Waals surface area contributed by atoms with Crippen LogP contribution in [0.2, 0.25) is 0 Å². The van der Waals surface area contributed by atoms with Crippen molar-refractivity contribution < 1.29 is 9.18 Å². The molecule has 2 aromatic rings. The van der Waals surface area contributed by atoms with Crippen LogP contribution in [0.5, 0.6) is 0 Å². The summed E-state index contributed by atoms with van der Waals surface area (Å²) < 4.78 is 13.8. The highest BCUT2D eigenvalue weighted by Gasteiger charge is 2.22. The van der Waals surface area contributed by atoms with Crippen LogP contribution in [0.15, 0.2) is 53.0 Å². The second-order valence-electron chi connectivity index (χ2n) is 5.11. The Morgan fingerprint density at radius 1 is 1.14 bits per heavy atom. The molecule has 0 radical (unpaired) electrons. The predicted octanol–water partition coefficient (Wildman–Crippen LogP) is 4.64. The zero-order valence-corrected chi connectivity index (χ0v) is 13.6. The van der Waals surface area contributed by atoms with E-state index in [0.29, 0.717) is 12.1 Å². The van der Waals surface area contributed by atoms with Crippen molar-refractivity contribution in [3.05, 3.63) is 69.9 Å². The van der Waals surface area contributed by atoms with Gasteiger partial charge in [-0.2, -0.15) is 0 Å². The van der Waals surface area contributed by atoms with Crippen molar-refractivity contribution in [1.82, 2.24) is 4.90 Å². The predicted molar refractivity (Wildman–Crippen MR) is 85.6 cm³/mol. The monoisotopic (exact) mass is 349 g/mol. The third-order valence-electron chi connectivity index (χ3n) is 3.26. The van der Waals surface area contributed by atoms with E-state index in [4.69, 9.17) is 0 Å². The lowest BCUT2D eigenvalue weighted by atomic mass is 10.1. The van der Waals surface area contributed by atoms with Gasteiger partial charge in [-0.05, 0) is 47.5 Å². The van der Waals surface area contributed by atoms with Crippen LogP contribution in [0.4, 0.5) is 4.39 Å². The van der Waals surface area contributed by atoms with E-state index >= 15 is 0 Å². The molecule has 1 amide bonds. The second kappa shape index (κ2) is 6.85. The maximum absolute atomic E-state index is 13.6. The van der Waals surface area contributed by atoms with Crippen LogP contribution in [0.1, 0.15) is 29.8 Å². The summed E-state index contributed by atoms with van der Waals surface area (Å²) in [4.78, 5) is 14.4. The Labute approximate surface area is 132 Å². The summed E-state index contributed by atoms with van der Waals surface area (Å²) in [5.74, 6) is -0.607. The third-order valence-corrected chi connectivity index (χ3v) is 4.07. The van der Waals surface area contributed by atoms with Crippen LogP contribution >= 0.6 is 15.9 Å². The summed E-state index contributed by atoms with van der Waals surface area (Å²) >= 11 is 3.16. The van der Waals surface area contributed by atoms with Crippen molar-refractivity contribution in [2.45, 2.75) is 26.4 Å². The van der Waals surface area contributed by atoms with Crippen molar-refractivity contribution in [3.63, 3.8) is 0 Å². The zero-order valence-electron chi connectivity index (χ0n) is 12.0. The lowest BCUT2D eigenvalue weighted by molar-refractivity contribution is 0.0689. The topological polar surface area (TPSA) is 20.3 Å². The summed E-state index contributed by atoms with van der Waals surface area (Å²) in [7, 11) is 0. The average molecular weight is 350 g/mol. The van der Waals surface area contributed by atoms with Gasteiger partial charge < -0.3 is 4.90 Å². The van der Waals surface area contributed by atoms with E-state index in [9.17, 15) is 9.18 Å². The molecular weight excluding hydrogens is 333 g/mol. The molecule has 0 saturated carbocycles. The maximum atomic E-state index is 13.6. The van der Waals surface area contributed by atoms with E-state index in [1.54, 1.807) is 17.0 Å². The fourth-order valence-corrected chi connectivity index (χ4v) is 2.53. The number of nitrogens with zero attached hydrogens (tertiary/aromatic N) is 1. The van der Waals surface area contributed by atoms with Gasteiger partial charge in [0, 0.05) is 12.6 Å². The van der Waals surface area contributed by atoms with E-state index in [0.717, 1.165) is 5.56 Å². The van der Waals surface area contributed by atoms with Crippen LogP contribution in [-0.4, -0.2) is 16.8 Å². The minimum Gasteiger partial charge on any atom is -0.332 e. The second-order valence-corrected chi connectivity index (χ2v) is 5.91. The summed E-state index contributed by atoms with van der Waals surface area (Å²) in [6, 6.07) is 14.3. The highest BCUT2D eigenvalue weighted by molar-refractivity contribution is 9.10. The Hall–Kier alpha value is -1.68. The Balaban J connectivity index is 2.30. The van der Waals surface area contributed by atoms with Crippen molar-refractivity contribution in [1.29, 1.82) is 0 Å². The number of halogens is 2. The minimum atomic E-state index is -0.427. The van der Waals surface area contributed by atoms with Gasteiger partial charge in [0.1, 0.15) is 5.82 Å². The first-order chi connectivity index (χ1) is 10.0. The standard InChI is InChI=1S/C17H17BrFNO/c1-12(2)20(11-13-7-4-3-5-8-13)17(21)14-9-6-10-15(19)16(14)18/h3-10,12H,11H2,1-2H3. The van der Waals surface area contributed by atoms with Crippen molar-refractivity contribution in [3.8, 4) is 0 Å². The molecule has 0 aliphatic carbocycles. The number of rotatable bonds is 4. The Kier molecular flexibility index (Phi) is 5.12. The number of carbonyl (C=O) groups excluding carboxylic acids is 1. The highest BCUT2D eigenvalue weighted by atomic mass is 79.9. The van der Waals surface area contributed by atoms with Gasteiger partial charge in [0.15, 0.2) is 0 Å². The summed E-state index contributed by atoms with van der Waals surface area (Å²) in [5.41, 5.74) is 1.40. The Morgan fingerprint density at radius 3 is 2.43 bits per heavy atom. The molecule has 110 valence electrons. The number of amides is 1. The summed E-state index contributed by atoms with van der Waals surface area (Å²) in [6.45, 7) is 4.41. The lowest BCUT2D eigenvalue weighted by Crippen LogP contribution is -2.36. The summed E-state index contributed by atoms with van der Waals surface area (Å²) in [5, 5.41) is 0. The van der Waals surface area contributed by atoms with E-state index in [1.807, 2.05) is 44.2 Å². The van der Waals surface area contributed by atoms with Crippen molar-refractivity contribution >= 4 is 21.8 Å². The zero-order chi connectivity index (χ0) is 15.4. The van der Waals surface area contributed by atoms with Crippen LogP contribution in [0.25, 0.3) is 0 Å². The molecule has 2 rings (SSSR count). The quantitative estimate of drug-likeness (QED) is 0.787. The van der Waals surface area contributed by atoms with Crippen LogP contribution in [0, 0.1) is 5.82 Å². The van der Waals surface area contributed by atoms with Gasteiger partial charge in [-0.1, -0.05) is 36.4 Å². The average Bonchev–Trinajstić information content (AvgIpc) is 2.48. The number of carbonyl (C=O) groups is 1. The fraction of sp³-hybridized carbons (Fsp3) is 0.235. The summed E-state index contributed by atoms with van der Waals surface area (Å²) in [6.07, 6.45) is 0. The normalized spacial score (nSPS) is 10.7. The SMILES string of the molecule is CC(C)N(Cc1ccccc1)C(=O)c1cccc(F)c1Br. The molecule has 0 aliphatic rings. The first-order valence-corrected chi connectivity index (χ1v) is 7.59. The lowest BCUT2D eigenvalue weighted by Gasteiger charge is -2.27. The van der Waals surface area contributed by atoms with Gasteiger partial charge in [0.25, 0.3) is 5.91 Å². The molecule has 0 atom stereocenters. The number of benzene rings is 2. The molecule has 0 aromatic heterocycles. The molecule has 2 nitrogen and oxygen atoms in total. The molecule has 0 aliphatic heterocycles. The smallest absolute Gasteiger partial charge is 0.255 e. The highest BCUT2D eigenvalue weighted by Crippen LogP contribution is 2.23. The number of hydrogen-bond acceptors (Lipinski definition) is 1. The first-order valence-electron chi connectivity index (χ1n) is 6.79. The fourth-order valence-electron chi connectivity index (χ4n) is 2.09. The van der Waals surface area contributed by atoms with Gasteiger partial charge >= 0.3 is 0 Å². The minimum absolute atomic E-state index is 0.0212. The van der Waals surface area contributed by atoms with Crippen LogP contribution in [-0.2, 0) is 6.54 Å². The van der Waals surface area contributed by atoms with Gasteiger partial charge in [-0.3, -0.25) is 4.79 Å². The molecule has 0 bridgehead atoms. The van der Waals surface area contributed by atoms with Crippen LogP contribution in [0.3, 0.4) is 0 Å². The van der Waals surface area contributed by atoms with Crippen molar-refractivity contribution in [2.75, 3.05) is 0 Å². The largest absolute Gasteiger partial charge is 0.332 e.